The molecule has 0 bridgehead atoms. The highest BCUT2D eigenvalue weighted by molar-refractivity contribution is 6.30. The number of benzene rings is 2. The Bertz CT molecular complexity index is 1080. The number of carbonyl (C=O) groups excluding carboxylic acids is 3. The highest BCUT2D eigenvalue weighted by Crippen LogP contribution is 2.28. The van der Waals surface area contributed by atoms with Crippen LogP contribution in [0.15, 0.2) is 42.5 Å². The summed E-state index contributed by atoms with van der Waals surface area (Å²) in [6, 6.07) is 11.3. The molecule has 2 aromatic carbocycles. The van der Waals surface area contributed by atoms with Crippen LogP contribution in [0.5, 0.6) is 0 Å². The summed E-state index contributed by atoms with van der Waals surface area (Å²) in [5.74, 6) is -0.156. The van der Waals surface area contributed by atoms with Gasteiger partial charge in [0, 0.05) is 55.1 Å². The fraction of sp³-hybridized carbons (Fsp3) is 0.400. The van der Waals surface area contributed by atoms with E-state index in [1.807, 2.05) is 25.1 Å². The van der Waals surface area contributed by atoms with Crippen LogP contribution in [0.4, 0.5) is 21.9 Å². The lowest BCUT2D eigenvalue weighted by atomic mass is 10.1. The van der Waals surface area contributed by atoms with E-state index < -0.39 is 6.04 Å². The zero-order chi connectivity index (χ0) is 24.2. The van der Waals surface area contributed by atoms with Crippen molar-refractivity contribution in [2.24, 2.45) is 0 Å². The molecule has 2 aromatic rings. The van der Waals surface area contributed by atoms with Gasteiger partial charge in [-0.1, -0.05) is 11.6 Å². The lowest BCUT2D eigenvalue weighted by Gasteiger charge is -2.28. The van der Waals surface area contributed by atoms with E-state index in [1.54, 1.807) is 36.3 Å². The number of amides is 4. The molecule has 8 nitrogen and oxygen atoms in total. The Morgan fingerprint density at radius 3 is 2.53 bits per heavy atom. The number of nitrogens with one attached hydrogen (secondary N) is 2. The Hall–Kier alpha value is -3.10. The Morgan fingerprint density at radius 1 is 1.09 bits per heavy atom. The molecule has 0 saturated carbocycles. The van der Waals surface area contributed by atoms with Crippen molar-refractivity contribution in [3.05, 3.63) is 53.1 Å². The summed E-state index contributed by atoms with van der Waals surface area (Å²) in [6.45, 7) is 2.91. The SMILES string of the molecule is CO[C@@H]1C[C@H](C(=O)Nc2ccc(N3CCCCC3=O)cc2C)N(C(=O)Nc2ccc(Cl)cc2)C1. The van der Waals surface area contributed by atoms with Gasteiger partial charge in [-0.05, 0) is 67.8 Å². The van der Waals surface area contributed by atoms with Crippen LogP contribution in [-0.4, -0.2) is 55.1 Å². The molecule has 0 aromatic heterocycles. The first kappa shape index (κ1) is 24.0. The van der Waals surface area contributed by atoms with Crippen molar-refractivity contribution < 1.29 is 19.1 Å². The quantitative estimate of drug-likeness (QED) is 0.657. The Morgan fingerprint density at radius 2 is 1.85 bits per heavy atom. The zero-order valence-corrected chi connectivity index (χ0v) is 20.1. The van der Waals surface area contributed by atoms with Gasteiger partial charge in [-0.25, -0.2) is 4.79 Å². The second kappa shape index (κ2) is 10.4. The van der Waals surface area contributed by atoms with Crippen molar-refractivity contribution in [1.29, 1.82) is 0 Å². The van der Waals surface area contributed by atoms with E-state index >= 15 is 0 Å². The van der Waals surface area contributed by atoms with Gasteiger partial charge >= 0.3 is 6.03 Å². The Balaban J connectivity index is 1.46. The summed E-state index contributed by atoms with van der Waals surface area (Å²) in [5, 5.41) is 6.35. The van der Waals surface area contributed by atoms with Gasteiger partial charge in [0.15, 0.2) is 0 Å². The average Bonchev–Trinajstić information content (AvgIpc) is 3.27. The van der Waals surface area contributed by atoms with Crippen LogP contribution >= 0.6 is 11.6 Å². The molecule has 2 heterocycles. The van der Waals surface area contributed by atoms with Crippen LogP contribution in [0.3, 0.4) is 0 Å². The summed E-state index contributed by atoms with van der Waals surface area (Å²) in [5.41, 5.74) is 2.93. The van der Waals surface area contributed by atoms with E-state index in [1.165, 1.54) is 4.90 Å². The standard InChI is InChI=1S/C25H29ClN4O4/c1-16-13-19(29-12-4-3-5-23(29)31)10-11-21(16)28-24(32)22-14-20(34-2)15-30(22)25(33)27-18-8-6-17(26)7-9-18/h6-11,13,20,22H,3-5,12,14-15H2,1-2H3,(H,27,33)(H,28,32)/t20-,22-/m1/s1. The number of likely N-dealkylation sites (tertiary alicyclic amines) is 1. The van der Waals surface area contributed by atoms with Gasteiger partial charge in [-0.15, -0.1) is 0 Å². The number of anilines is 3. The monoisotopic (exact) mass is 484 g/mol. The summed E-state index contributed by atoms with van der Waals surface area (Å²) in [4.78, 5) is 41.7. The minimum Gasteiger partial charge on any atom is -0.380 e. The molecular weight excluding hydrogens is 456 g/mol. The van der Waals surface area contributed by atoms with Gasteiger partial charge in [-0.2, -0.15) is 0 Å². The fourth-order valence-corrected chi connectivity index (χ4v) is 4.55. The predicted octanol–water partition coefficient (Wildman–Crippen LogP) is 4.43. The van der Waals surface area contributed by atoms with Crippen molar-refractivity contribution >= 4 is 46.5 Å². The van der Waals surface area contributed by atoms with E-state index in [9.17, 15) is 14.4 Å². The normalized spacial score (nSPS) is 20.4. The molecule has 4 rings (SSSR count). The number of methoxy groups -OCH3 is 1. The fourth-order valence-electron chi connectivity index (χ4n) is 4.42. The van der Waals surface area contributed by atoms with E-state index in [2.05, 4.69) is 10.6 Å². The van der Waals surface area contributed by atoms with Crippen LogP contribution in [0.1, 0.15) is 31.2 Å². The second-order valence-corrected chi connectivity index (χ2v) is 9.13. The number of carbonyl (C=O) groups is 3. The van der Waals surface area contributed by atoms with E-state index in [4.69, 9.17) is 16.3 Å². The minimum absolute atomic E-state index is 0.126. The van der Waals surface area contributed by atoms with Crippen LogP contribution in [0.2, 0.25) is 5.02 Å². The highest BCUT2D eigenvalue weighted by atomic mass is 35.5. The van der Waals surface area contributed by atoms with E-state index in [0.29, 0.717) is 42.3 Å². The average molecular weight is 485 g/mol. The van der Waals surface area contributed by atoms with Crippen molar-refractivity contribution in [3.8, 4) is 0 Å². The van der Waals surface area contributed by atoms with Crippen molar-refractivity contribution in [2.45, 2.75) is 44.8 Å². The van der Waals surface area contributed by atoms with Crippen LogP contribution in [-0.2, 0) is 14.3 Å². The zero-order valence-electron chi connectivity index (χ0n) is 19.3. The van der Waals surface area contributed by atoms with Crippen LogP contribution in [0.25, 0.3) is 0 Å². The molecule has 2 aliphatic heterocycles. The second-order valence-electron chi connectivity index (χ2n) is 8.69. The summed E-state index contributed by atoms with van der Waals surface area (Å²) in [6.07, 6.45) is 2.64. The topological polar surface area (TPSA) is 91.0 Å². The molecule has 2 atom stereocenters. The number of rotatable bonds is 5. The first-order valence-corrected chi connectivity index (χ1v) is 11.8. The largest absolute Gasteiger partial charge is 0.380 e. The summed E-state index contributed by atoms with van der Waals surface area (Å²) in [7, 11) is 1.57. The third kappa shape index (κ3) is 5.34. The van der Waals surface area contributed by atoms with Gasteiger partial charge in [0.1, 0.15) is 6.04 Å². The molecule has 2 saturated heterocycles. The molecule has 0 spiro atoms. The molecule has 9 heteroatoms. The maximum Gasteiger partial charge on any atom is 0.322 e. The molecule has 34 heavy (non-hydrogen) atoms. The van der Waals surface area contributed by atoms with Crippen molar-refractivity contribution in [3.63, 3.8) is 0 Å². The molecule has 180 valence electrons. The summed E-state index contributed by atoms with van der Waals surface area (Å²) >= 11 is 5.92. The van der Waals surface area contributed by atoms with Crippen LogP contribution in [0, 0.1) is 6.92 Å². The van der Waals surface area contributed by atoms with Gasteiger partial charge < -0.3 is 25.2 Å². The maximum atomic E-state index is 13.2. The number of aryl methyl sites for hydroxylation is 1. The first-order valence-electron chi connectivity index (χ1n) is 11.4. The molecule has 2 aliphatic rings. The van der Waals surface area contributed by atoms with Crippen molar-refractivity contribution in [2.75, 3.05) is 35.7 Å². The number of urea groups is 1. The van der Waals surface area contributed by atoms with Gasteiger partial charge in [0.2, 0.25) is 11.8 Å². The Kier molecular flexibility index (Phi) is 7.38. The van der Waals surface area contributed by atoms with Gasteiger partial charge in [0.25, 0.3) is 0 Å². The van der Waals surface area contributed by atoms with Gasteiger partial charge in [0.05, 0.1) is 6.10 Å². The molecule has 0 aliphatic carbocycles. The molecule has 2 fully saturated rings. The van der Waals surface area contributed by atoms with Crippen LogP contribution < -0.4 is 15.5 Å². The highest BCUT2D eigenvalue weighted by Gasteiger charge is 2.40. The molecule has 2 N–H and O–H groups in total. The third-order valence-corrected chi connectivity index (χ3v) is 6.61. The number of halogens is 1. The maximum absolute atomic E-state index is 13.2. The molecule has 0 radical (unpaired) electrons. The smallest absolute Gasteiger partial charge is 0.322 e. The Labute approximate surface area is 204 Å². The number of nitrogens with zero attached hydrogens (tertiary/aromatic N) is 2. The predicted molar refractivity (Wildman–Crippen MR) is 132 cm³/mol. The van der Waals surface area contributed by atoms with E-state index in [0.717, 1.165) is 24.1 Å². The third-order valence-electron chi connectivity index (χ3n) is 6.36. The molecule has 4 amide bonds. The number of ether oxygens (including phenoxy) is 1. The summed E-state index contributed by atoms with van der Waals surface area (Å²) < 4.78 is 5.45. The number of piperidine rings is 1. The minimum atomic E-state index is -0.681. The van der Waals surface area contributed by atoms with Crippen molar-refractivity contribution in [1.82, 2.24) is 4.90 Å². The lowest BCUT2D eigenvalue weighted by molar-refractivity contribution is -0.120. The van der Waals surface area contributed by atoms with Gasteiger partial charge in [-0.3, -0.25) is 9.59 Å². The number of hydrogen-bond acceptors (Lipinski definition) is 4. The first-order chi connectivity index (χ1) is 16.4. The molecular formula is C25H29ClN4O4. The lowest BCUT2D eigenvalue weighted by Crippen LogP contribution is -2.45. The van der Waals surface area contributed by atoms with E-state index in [-0.39, 0.29) is 23.9 Å². The number of hydrogen-bond donors (Lipinski definition) is 2. The molecule has 0 unspecified atom stereocenters.